The van der Waals surface area contributed by atoms with Crippen LogP contribution < -0.4 is 10.6 Å². The van der Waals surface area contributed by atoms with E-state index < -0.39 is 0 Å². The molecule has 0 spiro atoms. The lowest BCUT2D eigenvalue weighted by Gasteiger charge is -2.13. The molecule has 0 fully saturated rings. The predicted octanol–water partition coefficient (Wildman–Crippen LogP) is 3.94. The minimum Gasteiger partial charge on any atom is -0.352 e. The van der Waals surface area contributed by atoms with Gasteiger partial charge in [0.15, 0.2) is 5.78 Å². The summed E-state index contributed by atoms with van der Waals surface area (Å²) in [6, 6.07) is 9.56. The van der Waals surface area contributed by atoms with E-state index in [1.54, 1.807) is 19.1 Å². The van der Waals surface area contributed by atoms with Gasteiger partial charge in [-0.15, -0.1) is 0 Å². The Morgan fingerprint density at radius 1 is 1.23 bits per heavy atom. The highest BCUT2D eigenvalue weighted by Crippen LogP contribution is 2.18. The van der Waals surface area contributed by atoms with Gasteiger partial charge in [0.1, 0.15) is 5.82 Å². The number of aryl methyl sites for hydroxylation is 1. The molecule has 0 radical (unpaired) electrons. The maximum atomic E-state index is 11.3. The summed E-state index contributed by atoms with van der Waals surface area (Å²) in [5.41, 5.74) is 2.48. The first-order chi connectivity index (χ1) is 10.5. The zero-order valence-electron chi connectivity index (χ0n) is 13.5. The van der Waals surface area contributed by atoms with Gasteiger partial charge >= 0.3 is 0 Å². The molecule has 0 amide bonds. The minimum absolute atomic E-state index is 0.0597. The molecule has 0 saturated heterocycles. The van der Waals surface area contributed by atoms with Gasteiger partial charge in [0.25, 0.3) is 0 Å². The van der Waals surface area contributed by atoms with Crippen molar-refractivity contribution < 1.29 is 4.79 Å². The Labute approximate surface area is 131 Å². The number of rotatable bonds is 6. The number of benzene rings is 1. The molecule has 0 aliphatic heterocycles. The summed E-state index contributed by atoms with van der Waals surface area (Å²) in [5, 5.41) is 6.52. The molecule has 22 heavy (non-hydrogen) atoms. The number of anilines is 3. The van der Waals surface area contributed by atoms with Crippen molar-refractivity contribution in [2.24, 2.45) is 0 Å². The van der Waals surface area contributed by atoms with Crippen molar-refractivity contribution in [3.8, 4) is 0 Å². The van der Waals surface area contributed by atoms with Gasteiger partial charge in [0.05, 0.1) is 0 Å². The molecule has 0 aliphatic carbocycles. The van der Waals surface area contributed by atoms with Crippen molar-refractivity contribution in [1.82, 2.24) is 9.97 Å². The molecule has 116 valence electrons. The summed E-state index contributed by atoms with van der Waals surface area (Å²) in [7, 11) is 0. The topological polar surface area (TPSA) is 66.9 Å². The standard InChI is InChI=1S/C17H22N4O/c1-5-11(2)18-17-19-12(3)10-16(21-17)20-15-8-6-14(7-9-15)13(4)22/h6-11H,5H2,1-4H3,(H2,18,19,20,21). The lowest BCUT2D eigenvalue weighted by Crippen LogP contribution is -2.16. The highest BCUT2D eigenvalue weighted by Gasteiger charge is 2.06. The second kappa shape index (κ2) is 7.02. The van der Waals surface area contributed by atoms with Crippen LogP contribution in [0.5, 0.6) is 0 Å². The second-order valence-electron chi connectivity index (χ2n) is 5.43. The second-order valence-corrected chi connectivity index (χ2v) is 5.43. The van der Waals surface area contributed by atoms with Crippen molar-refractivity contribution in [1.29, 1.82) is 0 Å². The van der Waals surface area contributed by atoms with Crippen LogP contribution in [0.15, 0.2) is 30.3 Å². The maximum absolute atomic E-state index is 11.3. The molecule has 2 rings (SSSR count). The largest absolute Gasteiger partial charge is 0.352 e. The van der Waals surface area contributed by atoms with Gasteiger partial charge in [-0.05, 0) is 51.5 Å². The minimum atomic E-state index is 0.0597. The van der Waals surface area contributed by atoms with E-state index in [1.165, 1.54) is 0 Å². The van der Waals surface area contributed by atoms with E-state index >= 15 is 0 Å². The number of carbonyl (C=O) groups is 1. The average molecular weight is 298 g/mol. The van der Waals surface area contributed by atoms with E-state index in [4.69, 9.17) is 0 Å². The third-order valence-electron chi connectivity index (χ3n) is 3.41. The Morgan fingerprint density at radius 2 is 1.91 bits per heavy atom. The SMILES string of the molecule is CCC(C)Nc1nc(C)cc(Nc2ccc(C(C)=O)cc2)n1. The molecule has 2 N–H and O–H groups in total. The van der Waals surface area contributed by atoms with Crippen molar-refractivity contribution in [3.63, 3.8) is 0 Å². The lowest BCUT2D eigenvalue weighted by atomic mass is 10.1. The molecule has 5 nitrogen and oxygen atoms in total. The normalized spacial score (nSPS) is 11.8. The van der Waals surface area contributed by atoms with Gasteiger partial charge in [-0.2, -0.15) is 4.98 Å². The molecule has 1 aromatic heterocycles. The van der Waals surface area contributed by atoms with Crippen molar-refractivity contribution in [2.75, 3.05) is 10.6 Å². The highest BCUT2D eigenvalue weighted by molar-refractivity contribution is 5.94. The molecular weight excluding hydrogens is 276 g/mol. The first kappa shape index (κ1) is 15.9. The number of aromatic nitrogens is 2. The van der Waals surface area contributed by atoms with Gasteiger partial charge in [0, 0.05) is 29.1 Å². The van der Waals surface area contributed by atoms with E-state index in [9.17, 15) is 4.79 Å². The Kier molecular flexibility index (Phi) is 5.09. The third kappa shape index (κ3) is 4.28. The summed E-state index contributed by atoms with van der Waals surface area (Å²) in [4.78, 5) is 20.2. The Bertz CT molecular complexity index is 652. The van der Waals surface area contributed by atoms with Gasteiger partial charge in [-0.25, -0.2) is 4.98 Å². The zero-order chi connectivity index (χ0) is 16.1. The summed E-state index contributed by atoms with van der Waals surface area (Å²) in [6.07, 6.45) is 1.01. The molecular formula is C17H22N4O. The van der Waals surface area contributed by atoms with E-state index in [0.717, 1.165) is 23.6 Å². The highest BCUT2D eigenvalue weighted by atomic mass is 16.1. The molecule has 1 heterocycles. The maximum Gasteiger partial charge on any atom is 0.225 e. The number of nitrogens with one attached hydrogen (secondary N) is 2. The van der Waals surface area contributed by atoms with Crippen LogP contribution in [-0.2, 0) is 0 Å². The third-order valence-corrected chi connectivity index (χ3v) is 3.41. The first-order valence-corrected chi connectivity index (χ1v) is 7.48. The van der Waals surface area contributed by atoms with E-state index in [-0.39, 0.29) is 5.78 Å². The Hall–Kier alpha value is -2.43. The van der Waals surface area contributed by atoms with Crippen LogP contribution in [0.3, 0.4) is 0 Å². The summed E-state index contributed by atoms with van der Waals surface area (Å²) in [6.45, 7) is 7.71. The van der Waals surface area contributed by atoms with Gasteiger partial charge in [-0.3, -0.25) is 4.79 Å². The quantitative estimate of drug-likeness (QED) is 0.791. The number of hydrogen-bond donors (Lipinski definition) is 2. The van der Waals surface area contributed by atoms with Crippen LogP contribution in [0, 0.1) is 6.92 Å². The van der Waals surface area contributed by atoms with Gasteiger partial charge in [-0.1, -0.05) is 6.92 Å². The summed E-state index contributed by atoms with van der Waals surface area (Å²) < 4.78 is 0. The molecule has 1 aromatic carbocycles. The molecule has 0 aliphatic rings. The monoisotopic (exact) mass is 298 g/mol. The number of carbonyl (C=O) groups excluding carboxylic acids is 1. The van der Waals surface area contributed by atoms with Crippen LogP contribution >= 0.6 is 0 Å². The van der Waals surface area contributed by atoms with Crippen molar-refractivity contribution in [2.45, 2.75) is 40.2 Å². The molecule has 1 unspecified atom stereocenters. The molecule has 1 atom stereocenters. The van der Waals surface area contributed by atoms with Crippen molar-refractivity contribution >= 4 is 23.2 Å². The van der Waals surface area contributed by atoms with E-state index in [0.29, 0.717) is 17.6 Å². The van der Waals surface area contributed by atoms with Crippen LogP contribution in [0.4, 0.5) is 17.5 Å². The Balaban J connectivity index is 2.16. The number of ketones is 1. The fourth-order valence-electron chi connectivity index (χ4n) is 1.96. The average Bonchev–Trinajstić information content (AvgIpc) is 2.47. The fourth-order valence-corrected chi connectivity index (χ4v) is 1.96. The van der Waals surface area contributed by atoms with E-state index in [1.807, 2.05) is 25.1 Å². The summed E-state index contributed by atoms with van der Waals surface area (Å²) >= 11 is 0. The van der Waals surface area contributed by atoms with Crippen LogP contribution in [0.25, 0.3) is 0 Å². The summed E-state index contributed by atoms with van der Waals surface area (Å²) in [5.74, 6) is 1.41. The van der Waals surface area contributed by atoms with Crippen LogP contribution in [0.1, 0.15) is 43.2 Å². The zero-order valence-corrected chi connectivity index (χ0v) is 13.5. The molecule has 5 heteroatoms. The van der Waals surface area contributed by atoms with Gasteiger partial charge in [0.2, 0.25) is 5.95 Å². The van der Waals surface area contributed by atoms with Gasteiger partial charge < -0.3 is 10.6 Å². The van der Waals surface area contributed by atoms with Crippen molar-refractivity contribution in [3.05, 3.63) is 41.6 Å². The number of hydrogen-bond acceptors (Lipinski definition) is 5. The first-order valence-electron chi connectivity index (χ1n) is 7.48. The van der Waals surface area contributed by atoms with E-state index in [2.05, 4.69) is 34.4 Å². The fraction of sp³-hybridized carbons (Fsp3) is 0.353. The molecule has 0 bridgehead atoms. The Morgan fingerprint density at radius 3 is 2.50 bits per heavy atom. The molecule has 0 saturated carbocycles. The smallest absolute Gasteiger partial charge is 0.225 e. The van der Waals surface area contributed by atoms with Crippen LogP contribution in [0.2, 0.25) is 0 Å². The molecule has 2 aromatic rings. The van der Waals surface area contributed by atoms with Crippen LogP contribution in [-0.4, -0.2) is 21.8 Å². The predicted molar refractivity (Wildman–Crippen MR) is 89.9 cm³/mol. The lowest BCUT2D eigenvalue weighted by molar-refractivity contribution is 0.101. The number of Topliss-reactive ketones (excluding diaryl/α,β-unsaturated/α-hetero) is 1. The number of nitrogens with zero attached hydrogens (tertiary/aromatic N) is 2.